The number of aromatic nitrogens is 4. The van der Waals surface area contributed by atoms with Crippen LogP contribution in [0.1, 0.15) is 55.9 Å². The van der Waals surface area contributed by atoms with E-state index in [1.807, 2.05) is 48.5 Å². The number of fused-ring (bicyclic) bond motifs is 9. The van der Waals surface area contributed by atoms with Gasteiger partial charge in [0.2, 0.25) is 11.8 Å². The molecule has 0 amide bonds. The Morgan fingerprint density at radius 3 is 1.23 bits per heavy atom. The summed E-state index contributed by atoms with van der Waals surface area (Å²) in [6.07, 6.45) is 9.20. The zero-order chi connectivity index (χ0) is 64.2. The van der Waals surface area contributed by atoms with Gasteiger partial charge in [-0.3, -0.25) is 0 Å². The highest BCUT2D eigenvalue weighted by Crippen LogP contribution is 2.55. The van der Waals surface area contributed by atoms with Crippen LogP contribution >= 0.6 is 0 Å². The molecule has 15 aromatic rings. The molecule has 458 valence electrons. The molecule has 96 heavy (non-hydrogen) atoms. The van der Waals surface area contributed by atoms with Gasteiger partial charge in [-0.15, -0.1) is 0 Å². The van der Waals surface area contributed by atoms with Crippen LogP contribution in [0.2, 0.25) is 0 Å². The number of nitrogens with zero attached hydrogens (tertiary/aromatic N) is 6. The number of hydrogen-bond donors (Lipinski definition) is 0. The summed E-state index contributed by atoms with van der Waals surface area (Å²) in [4.78, 5) is 26.2. The Morgan fingerprint density at radius 1 is 0.323 bits per heavy atom. The lowest BCUT2D eigenvalue weighted by Gasteiger charge is -2.29. The van der Waals surface area contributed by atoms with Crippen molar-refractivity contribution in [2.45, 2.75) is 44.4 Å². The second-order valence-electron chi connectivity index (χ2n) is 26.6. The van der Waals surface area contributed by atoms with Gasteiger partial charge in [0, 0.05) is 78.8 Å². The second-order valence-corrected chi connectivity index (χ2v) is 26.6. The van der Waals surface area contributed by atoms with Gasteiger partial charge >= 0.3 is 0 Å². The molecule has 2 atom stereocenters. The number of benzene rings is 12. The SMILES string of the molecule is CC1(C)c2ccccc2-c2ccc(-c3ccc(-c4ccc5c(c4)C(C)(C)C4C=CC=CC54)c4nc(-c5ccc(N(c6ccccc6)c6ccc(-c7nc8ccccc8o7)cc6)cc5)c(-c5ccc(N(c6ccccc6)c6ccc(-c7nc8ccccc8o7)cc6)cc5)nc34)cc21. The average molecular weight is 1240 g/mol. The molecule has 3 aliphatic carbocycles. The van der Waals surface area contributed by atoms with Crippen molar-refractivity contribution < 1.29 is 8.83 Å². The Hall–Kier alpha value is -12.0. The molecular formula is C88H64N6O2. The minimum absolute atomic E-state index is 0.0896. The third-order valence-electron chi connectivity index (χ3n) is 20.3. The fraction of sp³-hybridized carbons (Fsp3) is 0.0909. The molecule has 0 saturated carbocycles. The number of para-hydroxylation sites is 6. The largest absolute Gasteiger partial charge is 0.436 e. The Bertz CT molecular complexity index is 5530. The third kappa shape index (κ3) is 9.42. The van der Waals surface area contributed by atoms with Crippen LogP contribution in [0.4, 0.5) is 34.1 Å². The summed E-state index contributed by atoms with van der Waals surface area (Å²) in [6.45, 7) is 9.51. The predicted octanol–water partition coefficient (Wildman–Crippen LogP) is 23.3. The quantitative estimate of drug-likeness (QED) is 0.120. The van der Waals surface area contributed by atoms with E-state index in [9.17, 15) is 0 Å². The molecule has 0 fully saturated rings. The molecule has 0 spiro atoms. The fourth-order valence-corrected chi connectivity index (χ4v) is 15.3. The van der Waals surface area contributed by atoms with Gasteiger partial charge in [-0.2, -0.15) is 0 Å². The molecule has 0 aliphatic heterocycles. The molecule has 8 nitrogen and oxygen atoms in total. The molecule has 3 aromatic heterocycles. The highest BCUT2D eigenvalue weighted by molar-refractivity contribution is 6.04. The van der Waals surface area contributed by atoms with Gasteiger partial charge < -0.3 is 18.6 Å². The molecule has 8 heteroatoms. The number of anilines is 6. The highest BCUT2D eigenvalue weighted by Gasteiger charge is 2.45. The number of hydrogen-bond acceptors (Lipinski definition) is 8. The summed E-state index contributed by atoms with van der Waals surface area (Å²) < 4.78 is 12.4. The zero-order valence-electron chi connectivity index (χ0n) is 53.5. The van der Waals surface area contributed by atoms with Crippen LogP contribution in [0.25, 0.3) is 112 Å². The maximum Gasteiger partial charge on any atom is 0.227 e. The molecule has 0 saturated heterocycles. The first-order valence-electron chi connectivity index (χ1n) is 33.0. The Labute approximate surface area is 557 Å². The minimum Gasteiger partial charge on any atom is -0.436 e. The first-order valence-corrected chi connectivity index (χ1v) is 33.0. The van der Waals surface area contributed by atoms with Crippen molar-refractivity contribution in [2.24, 2.45) is 5.92 Å². The summed E-state index contributed by atoms with van der Waals surface area (Å²) in [6, 6.07) is 98.9. The van der Waals surface area contributed by atoms with Gasteiger partial charge in [0.25, 0.3) is 0 Å². The number of oxazole rings is 2. The van der Waals surface area contributed by atoms with Gasteiger partial charge in [0.15, 0.2) is 11.2 Å². The summed E-state index contributed by atoms with van der Waals surface area (Å²) >= 11 is 0. The van der Waals surface area contributed by atoms with Gasteiger partial charge in [0.05, 0.1) is 22.4 Å². The van der Waals surface area contributed by atoms with Crippen molar-refractivity contribution in [2.75, 3.05) is 9.80 Å². The zero-order valence-corrected chi connectivity index (χ0v) is 53.5. The first kappa shape index (κ1) is 56.7. The van der Waals surface area contributed by atoms with E-state index in [4.69, 9.17) is 28.8 Å². The Morgan fingerprint density at radius 2 is 0.719 bits per heavy atom. The summed E-state index contributed by atoms with van der Waals surface area (Å²) in [5.74, 6) is 1.87. The van der Waals surface area contributed by atoms with Crippen LogP contribution in [-0.2, 0) is 10.8 Å². The third-order valence-corrected chi connectivity index (χ3v) is 20.3. The van der Waals surface area contributed by atoms with Crippen molar-refractivity contribution in [3.05, 3.63) is 326 Å². The molecule has 18 rings (SSSR count). The topological polar surface area (TPSA) is 84.3 Å². The van der Waals surface area contributed by atoms with Crippen molar-refractivity contribution in [1.82, 2.24) is 19.9 Å². The monoisotopic (exact) mass is 1240 g/mol. The van der Waals surface area contributed by atoms with Crippen molar-refractivity contribution in [1.29, 1.82) is 0 Å². The first-order chi connectivity index (χ1) is 47.1. The average Bonchev–Trinajstić information content (AvgIpc) is 1.03. The lowest BCUT2D eigenvalue weighted by atomic mass is 9.74. The van der Waals surface area contributed by atoms with Crippen LogP contribution in [0.5, 0.6) is 0 Å². The minimum atomic E-state index is -0.206. The van der Waals surface area contributed by atoms with Crippen molar-refractivity contribution in [3.8, 4) is 78.8 Å². The van der Waals surface area contributed by atoms with E-state index in [-0.39, 0.29) is 10.8 Å². The Kier molecular flexibility index (Phi) is 13.2. The fourth-order valence-electron chi connectivity index (χ4n) is 15.3. The van der Waals surface area contributed by atoms with Crippen LogP contribution in [0, 0.1) is 5.92 Å². The van der Waals surface area contributed by atoms with Crippen molar-refractivity contribution >= 4 is 67.4 Å². The van der Waals surface area contributed by atoms with E-state index < -0.39 is 0 Å². The lowest BCUT2D eigenvalue weighted by Crippen LogP contribution is -2.24. The molecule has 0 N–H and O–H groups in total. The van der Waals surface area contributed by atoms with E-state index >= 15 is 0 Å². The van der Waals surface area contributed by atoms with Gasteiger partial charge in [-0.05, 0) is 183 Å². The lowest BCUT2D eigenvalue weighted by molar-refractivity contribution is 0.394. The predicted molar refractivity (Wildman–Crippen MR) is 392 cm³/mol. The Balaban J connectivity index is 0.811. The molecule has 3 heterocycles. The van der Waals surface area contributed by atoms with Crippen LogP contribution in [0.15, 0.2) is 312 Å². The summed E-state index contributed by atoms with van der Waals surface area (Å²) in [5, 5.41) is 0. The van der Waals surface area contributed by atoms with Gasteiger partial charge in [-0.1, -0.05) is 204 Å². The molecule has 0 radical (unpaired) electrons. The van der Waals surface area contributed by atoms with Gasteiger partial charge in [0.1, 0.15) is 11.0 Å². The van der Waals surface area contributed by atoms with E-state index in [1.165, 1.54) is 33.4 Å². The summed E-state index contributed by atoms with van der Waals surface area (Å²) in [5.41, 5.74) is 28.0. The molecule has 0 bridgehead atoms. The molecule has 12 aromatic carbocycles. The van der Waals surface area contributed by atoms with E-state index in [2.05, 4.69) is 292 Å². The normalized spacial score (nSPS) is 15.4. The number of rotatable bonds is 12. The van der Waals surface area contributed by atoms with E-state index in [0.717, 1.165) is 123 Å². The number of allylic oxidation sites excluding steroid dienone is 4. The van der Waals surface area contributed by atoms with Crippen molar-refractivity contribution in [3.63, 3.8) is 0 Å². The smallest absolute Gasteiger partial charge is 0.227 e. The molecular weight excluding hydrogens is 1170 g/mol. The van der Waals surface area contributed by atoms with E-state index in [1.54, 1.807) is 0 Å². The maximum atomic E-state index is 6.22. The second kappa shape index (κ2) is 22.4. The summed E-state index contributed by atoms with van der Waals surface area (Å²) in [7, 11) is 0. The molecule has 2 unspecified atom stereocenters. The van der Waals surface area contributed by atoms with Gasteiger partial charge in [-0.25, -0.2) is 19.9 Å². The highest BCUT2D eigenvalue weighted by atomic mass is 16.4. The standard InChI is InChI=1S/C88H64N6O2/c1-87(2)73-25-13-11-23-69(73)71-49-39-59(53-75(71)87)67-51-52-68(60-40-50-72-70-24-12-14-26-74(70)88(3,4)76(72)54-60)84-83(67)91-81(55-31-41-63(42-32-55)93(61-19-7-5-8-20-61)65-45-35-57(36-46-65)85-89-77-27-15-17-29-79(77)95-85)82(92-84)56-33-43-64(44-34-56)94(62-21-9-6-10-22-62)66-47-37-58(38-48-66)86-90-78-28-16-18-30-80(78)96-86/h5-54,69,73H,1-4H3. The molecule has 3 aliphatic rings. The van der Waals surface area contributed by atoms with Crippen LogP contribution in [-0.4, -0.2) is 19.9 Å². The van der Waals surface area contributed by atoms with Crippen LogP contribution in [0.3, 0.4) is 0 Å². The maximum absolute atomic E-state index is 6.22. The van der Waals surface area contributed by atoms with E-state index in [0.29, 0.717) is 23.6 Å². The van der Waals surface area contributed by atoms with Crippen LogP contribution < -0.4 is 9.80 Å².